The van der Waals surface area contributed by atoms with Crippen molar-refractivity contribution in [2.24, 2.45) is 5.41 Å². The van der Waals surface area contributed by atoms with Gasteiger partial charge in [-0.3, -0.25) is 5.10 Å². The highest BCUT2D eigenvalue weighted by molar-refractivity contribution is 7.71. The number of hydrogen-bond acceptors (Lipinski definition) is 2. The average molecular weight is 197 g/mol. The highest BCUT2D eigenvalue weighted by Crippen LogP contribution is 2.45. The fourth-order valence-electron chi connectivity index (χ4n) is 2.30. The van der Waals surface area contributed by atoms with E-state index >= 15 is 0 Å². The zero-order valence-corrected chi connectivity index (χ0v) is 8.90. The van der Waals surface area contributed by atoms with Gasteiger partial charge in [-0.1, -0.05) is 20.3 Å². The van der Waals surface area contributed by atoms with Gasteiger partial charge in [-0.25, -0.2) is 0 Å². The molecule has 13 heavy (non-hydrogen) atoms. The highest BCUT2D eigenvalue weighted by atomic mass is 32.1. The van der Waals surface area contributed by atoms with Crippen LogP contribution in [0.3, 0.4) is 0 Å². The Morgan fingerprint density at radius 1 is 1.69 bits per heavy atom. The molecular weight excluding hydrogens is 182 g/mol. The van der Waals surface area contributed by atoms with Gasteiger partial charge in [0.25, 0.3) is 0 Å². The summed E-state index contributed by atoms with van der Waals surface area (Å²) in [5.41, 5.74) is 0.363. The van der Waals surface area contributed by atoms with E-state index < -0.39 is 0 Å². The van der Waals surface area contributed by atoms with Crippen molar-refractivity contribution in [3.63, 3.8) is 0 Å². The van der Waals surface area contributed by atoms with Crippen molar-refractivity contribution >= 4 is 12.2 Å². The Labute approximate surface area is 83.2 Å². The smallest absolute Gasteiger partial charge is 0.195 e. The van der Waals surface area contributed by atoms with Crippen LogP contribution in [-0.4, -0.2) is 14.8 Å². The maximum Gasteiger partial charge on any atom is 0.195 e. The first-order valence-electron chi connectivity index (χ1n) is 4.73. The molecule has 1 fully saturated rings. The lowest BCUT2D eigenvalue weighted by Gasteiger charge is -2.27. The van der Waals surface area contributed by atoms with Crippen molar-refractivity contribution in [3.05, 3.63) is 11.1 Å². The molecule has 0 radical (unpaired) electrons. The van der Waals surface area contributed by atoms with Crippen molar-refractivity contribution in [2.75, 3.05) is 0 Å². The van der Waals surface area contributed by atoms with E-state index in [2.05, 4.69) is 28.6 Å². The fourth-order valence-corrected chi connectivity index (χ4v) is 2.53. The Kier molecular flexibility index (Phi) is 2.02. The largest absolute Gasteiger partial charge is 0.303 e. The SMILES string of the molecule is CC1(C)CCCC1n1cn[nH]c1=S. The Bertz CT molecular complexity index is 350. The Morgan fingerprint density at radius 3 is 2.92 bits per heavy atom. The molecule has 3 nitrogen and oxygen atoms in total. The monoisotopic (exact) mass is 197 g/mol. The van der Waals surface area contributed by atoms with Crippen LogP contribution in [0, 0.1) is 10.2 Å². The van der Waals surface area contributed by atoms with E-state index in [0.29, 0.717) is 11.5 Å². The molecule has 1 atom stereocenters. The van der Waals surface area contributed by atoms with E-state index in [0.717, 1.165) is 4.77 Å². The summed E-state index contributed by atoms with van der Waals surface area (Å²) >= 11 is 5.17. The third-order valence-corrected chi connectivity index (χ3v) is 3.42. The maximum atomic E-state index is 5.17. The topological polar surface area (TPSA) is 33.6 Å². The molecule has 0 bridgehead atoms. The molecule has 1 aromatic rings. The van der Waals surface area contributed by atoms with E-state index in [1.54, 1.807) is 0 Å². The highest BCUT2D eigenvalue weighted by Gasteiger charge is 2.35. The van der Waals surface area contributed by atoms with Gasteiger partial charge in [0.05, 0.1) is 0 Å². The second kappa shape index (κ2) is 2.94. The first-order valence-corrected chi connectivity index (χ1v) is 5.13. The minimum Gasteiger partial charge on any atom is -0.303 e. The molecule has 72 valence electrons. The summed E-state index contributed by atoms with van der Waals surface area (Å²) in [6, 6.07) is 0.527. The second-order valence-electron chi connectivity index (χ2n) is 4.47. The van der Waals surface area contributed by atoms with E-state index in [9.17, 15) is 0 Å². The van der Waals surface area contributed by atoms with Gasteiger partial charge in [0.15, 0.2) is 4.77 Å². The Balaban J connectivity index is 2.37. The third-order valence-electron chi connectivity index (χ3n) is 3.11. The molecule has 1 heterocycles. The molecule has 0 spiro atoms. The van der Waals surface area contributed by atoms with Gasteiger partial charge in [-0.2, -0.15) is 5.10 Å². The molecule has 1 aliphatic rings. The summed E-state index contributed by atoms with van der Waals surface area (Å²) in [6.45, 7) is 4.61. The molecule has 1 N–H and O–H groups in total. The zero-order chi connectivity index (χ0) is 9.47. The lowest BCUT2D eigenvalue weighted by Crippen LogP contribution is -2.21. The van der Waals surface area contributed by atoms with Crippen LogP contribution in [0.15, 0.2) is 6.33 Å². The van der Waals surface area contributed by atoms with Crippen molar-refractivity contribution < 1.29 is 0 Å². The average Bonchev–Trinajstić information content (AvgIpc) is 2.56. The normalized spacial score (nSPS) is 26.5. The van der Waals surface area contributed by atoms with Gasteiger partial charge < -0.3 is 4.57 Å². The first kappa shape index (κ1) is 8.94. The van der Waals surface area contributed by atoms with Gasteiger partial charge in [0, 0.05) is 6.04 Å². The standard InChI is InChI=1S/C9H15N3S/c1-9(2)5-3-4-7(9)12-6-10-11-8(12)13/h6-7H,3-5H2,1-2H3,(H,11,13). The molecule has 1 unspecified atom stereocenters. The summed E-state index contributed by atoms with van der Waals surface area (Å²) < 4.78 is 2.85. The minimum absolute atomic E-state index is 0.363. The van der Waals surface area contributed by atoms with Gasteiger partial charge in [0.1, 0.15) is 6.33 Å². The van der Waals surface area contributed by atoms with E-state index in [1.807, 2.05) is 6.33 Å². The van der Waals surface area contributed by atoms with Gasteiger partial charge >= 0.3 is 0 Å². The van der Waals surface area contributed by atoms with E-state index in [-0.39, 0.29) is 0 Å². The van der Waals surface area contributed by atoms with Crippen LogP contribution in [0.5, 0.6) is 0 Å². The van der Waals surface area contributed by atoms with Crippen LogP contribution in [0.4, 0.5) is 0 Å². The van der Waals surface area contributed by atoms with Crippen LogP contribution in [-0.2, 0) is 0 Å². The molecule has 0 amide bonds. The zero-order valence-electron chi connectivity index (χ0n) is 8.08. The van der Waals surface area contributed by atoms with E-state index in [4.69, 9.17) is 12.2 Å². The van der Waals surface area contributed by atoms with Gasteiger partial charge in [0.2, 0.25) is 0 Å². The molecule has 4 heteroatoms. The predicted molar refractivity (Wildman–Crippen MR) is 54.1 cm³/mol. The number of hydrogen-bond donors (Lipinski definition) is 1. The summed E-state index contributed by atoms with van der Waals surface area (Å²) in [7, 11) is 0. The molecule has 2 rings (SSSR count). The van der Waals surface area contributed by atoms with Crippen LogP contribution < -0.4 is 0 Å². The number of aromatic nitrogens is 3. The summed E-state index contributed by atoms with van der Waals surface area (Å²) in [5.74, 6) is 0. The lowest BCUT2D eigenvalue weighted by molar-refractivity contribution is 0.258. The molecule has 0 saturated heterocycles. The number of rotatable bonds is 1. The quantitative estimate of drug-likeness (QED) is 0.702. The molecule has 0 aliphatic heterocycles. The third kappa shape index (κ3) is 1.43. The van der Waals surface area contributed by atoms with Gasteiger partial charge in [-0.15, -0.1) is 0 Å². The molecule has 0 aromatic carbocycles. The second-order valence-corrected chi connectivity index (χ2v) is 4.85. The van der Waals surface area contributed by atoms with E-state index in [1.165, 1.54) is 19.3 Å². The maximum absolute atomic E-state index is 5.17. The fraction of sp³-hybridized carbons (Fsp3) is 0.778. The Hall–Kier alpha value is -0.640. The van der Waals surface area contributed by atoms with Crippen molar-refractivity contribution in [3.8, 4) is 0 Å². The number of H-pyrrole nitrogens is 1. The summed E-state index contributed by atoms with van der Waals surface area (Å²) in [6.07, 6.45) is 5.62. The molecule has 1 aliphatic carbocycles. The van der Waals surface area contributed by atoms with Crippen LogP contribution in [0.2, 0.25) is 0 Å². The van der Waals surface area contributed by atoms with Gasteiger partial charge in [-0.05, 0) is 30.5 Å². The molecule has 1 saturated carbocycles. The minimum atomic E-state index is 0.363. The van der Waals surface area contributed by atoms with Crippen LogP contribution in [0.25, 0.3) is 0 Å². The van der Waals surface area contributed by atoms with Crippen molar-refractivity contribution in [1.82, 2.24) is 14.8 Å². The molecular formula is C9H15N3S. The lowest BCUT2D eigenvalue weighted by atomic mass is 9.87. The predicted octanol–water partition coefficient (Wildman–Crippen LogP) is 2.69. The van der Waals surface area contributed by atoms with Crippen molar-refractivity contribution in [2.45, 2.75) is 39.2 Å². The number of nitrogens with zero attached hydrogens (tertiary/aromatic N) is 2. The number of aromatic amines is 1. The van der Waals surface area contributed by atoms with Crippen LogP contribution >= 0.6 is 12.2 Å². The van der Waals surface area contributed by atoms with Crippen molar-refractivity contribution in [1.29, 1.82) is 0 Å². The number of nitrogens with one attached hydrogen (secondary N) is 1. The molecule has 1 aromatic heterocycles. The Morgan fingerprint density at radius 2 is 2.46 bits per heavy atom. The first-order chi connectivity index (χ1) is 6.11. The van der Waals surface area contributed by atoms with Crippen LogP contribution in [0.1, 0.15) is 39.2 Å². The summed E-state index contributed by atoms with van der Waals surface area (Å²) in [5, 5.41) is 6.78. The summed E-state index contributed by atoms with van der Waals surface area (Å²) in [4.78, 5) is 0.